The zero-order valence-electron chi connectivity index (χ0n) is 12.2. The number of hydrogen-bond acceptors (Lipinski definition) is 4. The molecule has 0 aliphatic heterocycles. The lowest BCUT2D eigenvalue weighted by atomic mass is 10.3. The summed E-state index contributed by atoms with van der Waals surface area (Å²) >= 11 is 3.33. The topological polar surface area (TPSA) is 64.6 Å². The van der Waals surface area contributed by atoms with Gasteiger partial charge in [0, 0.05) is 17.4 Å². The number of nitrogens with one attached hydrogen (secondary N) is 1. The minimum atomic E-state index is -0.589. The van der Waals surface area contributed by atoms with Crippen molar-refractivity contribution in [3.8, 4) is 5.75 Å². The summed E-state index contributed by atoms with van der Waals surface area (Å²) in [7, 11) is 0. The summed E-state index contributed by atoms with van der Waals surface area (Å²) in [6.45, 7) is 4.25. The van der Waals surface area contributed by atoms with Gasteiger partial charge in [0.1, 0.15) is 5.75 Å². The third-order valence-corrected chi connectivity index (χ3v) is 3.19. The number of ether oxygens (including phenoxy) is 2. The largest absolute Gasteiger partial charge is 0.481 e. The quantitative estimate of drug-likeness (QED) is 0.573. The molecule has 1 N–H and O–H groups in total. The monoisotopic (exact) mass is 357 g/mol. The van der Waals surface area contributed by atoms with Crippen LogP contribution in [0.15, 0.2) is 28.7 Å². The van der Waals surface area contributed by atoms with Crippen molar-refractivity contribution in [1.29, 1.82) is 0 Å². The van der Waals surface area contributed by atoms with Crippen molar-refractivity contribution < 1.29 is 19.1 Å². The second kappa shape index (κ2) is 9.39. The normalized spacial score (nSPS) is 11.6. The predicted octanol–water partition coefficient (Wildman–Crippen LogP) is 2.68. The Morgan fingerprint density at radius 1 is 1.29 bits per heavy atom. The molecule has 1 aromatic rings. The molecule has 0 radical (unpaired) electrons. The first kappa shape index (κ1) is 17.5. The fourth-order valence-corrected chi connectivity index (χ4v) is 1.86. The van der Waals surface area contributed by atoms with Crippen molar-refractivity contribution in [3.63, 3.8) is 0 Å². The Bertz CT molecular complexity index is 461. The van der Waals surface area contributed by atoms with E-state index in [1.165, 1.54) is 0 Å². The van der Waals surface area contributed by atoms with Gasteiger partial charge in [0.2, 0.25) is 0 Å². The number of hydrogen-bond donors (Lipinski definition) is 1. The van der Waals surface area contributed by atoms with Gasteiger partial charge in [0.25, 0.3) is 5.91 Å². The molecule has 0 bridgehead atoms. The van der Waals surface area contributed by atoms with Gasteiger partial charge in [0.15, 0.2) is 6.10 Å². The van der Waals surface area contributed by atoms with Gasteiger partial charge in [-0.1, -0.05) is 15.9 Å². The number of amides is 1. The molecule has 1 aromatic carbocycles. The number of esters is 1. The molecule has 6 heteroatoms. The van der Waals surface area contributed by atoms with Crippen molar-refractivity contribution in [2.24, 2.45) is 0 Å². The second-order valence-electron chi connectivity index (χ2n) is 4.41. The predicted molar refractivity (Wildman–Crippen MR) is 83.1 cm³/mol. The highest BCUT2D eigenvalue weighted by Crippen LogP contribution is 2.17. The molecule has 5 nitrogen and oxygen atoms in total. The summed E-state index contributed by atoms with van der Waals surface area (Å²) in [4.78, 5) is 22.9. The third-order valence-electron chi connectivity index (χ3n) is 2.66. The number of halogens is 1. The highest BCUT2D eigenvalue weighted by atomic mass is 79.9. The number of carbonyl (C=O) groups excluding carboxylic acids is 2. The first-order valence-corrected chi connectivity index (χ1v) is 7.67. The van der Waals surface area contributed by atoms with Crippen molar-refractivity contribution in [3.05, 3.63) is 28.7 Å². The Morgan fingerprint density at radius 2 is 1.95 bits per heavy atom. The summed E-state index contributed by atoms with van der Waals surface area (Å²) < 4.78 is 11.3. The average molecular weight is 358 g/mol. The average Bonchev–Trinajstić information content (AvgIpc) is 2.46. The Hall–Kier alpha value is -1.56. The van der Waals surface area contributed by atoms with Crippen LogP contribution in [-0.2, 0) is 14.3 Å². The fourth-order valence-electron chi connectivity index (χ4n) is 1.59. The minimum Gasteiger partial charge on any atom is -0.481 e. The molecule has 1 unspecified atom stereocenters. The highest BCUT2D eigenvalue weighted by molar-refractivity contribution is 9.10. The van der Waals surface area contributed by atoms with E-state index < -0.39 is 6.10 Å². The maximum atomic E-state index is 11.8. The molecule has 1 rings (SSSR count). The summed E-state index contributed by atoms with van der Waals surface area (Å²) in [6.07, 6.45) is 0.264. The first-order chi connectivity index (χ1) is 10.0. The molecule has 0 heterocycles. The summed E-state index contributed by atoms with van der Waals surface area (Å²) in [5.41, 5.74) is 0. The van der Waals surface area contributed by atoms with Crippen molar-refractivity contribution in [2.45, 2.75) is 32.8 Å². The summed E-state index contributed by atoms with van der Waals surface area (Å²) in [5.74, 6) is 0.181. The lowest BCUT2D eigenvalue weighted by molar-refractivity contribution is -0.143. The van der Waals surface area contributed by atoms with Gasteiger partial charge in [-0.3, -0.25) is 9.59 Å². The van der Waals surface area contributed by atoms with Gasteiger partial charge in [-0.2, -0.15) is 0 Å². The Kier molecular flexibility index (Phi) is 7.82. The number of carbonyl (C=O) groups is 2. The SMILES string of the molecule is CCOC(=O)CCCNC(=O)C(C)Oc1ccc(Br)cc1. The van der Waals surface area contributed by atoms with E-state index in [2.05, 4.69) is 21.2 Å². The standard InChI is InChI=1S/C15H20BrNO4/c1-3-20-14(18)5-4-10-17-15(19)11(2)21-13-8-6-12(16)7-9-13/h6-9,11H,3-5,10H2,1-2H3,(H,17,19). The highest BCUT2D eigenvalue weighted by Gasteiger charge is 2.14. The van der Waals surface area contributed by atoms with Crippen LogP contribution in [0.25, 0.3) is 0 Å². The van der Waals surface area contributed by atoms with E-state index in [0.29, 0.717) is 31.7 Å². The molecule has 1 atom stereocenters. The molecule has 21 heavy (non-hydrogen) atoms. The summed E-state index contributed by atoms with van der Waals surface area (Å²) in [6, 6.07) is 7.27. The van der Waals surface area contributed by atoms with E-state index in [1.54, 1.807) is 26.0 Å². The van der Waals surface area contributed by atoms with Crippen LogP contribution >= 0.6 is 15.9 Å². The molecule has 0 aliphatic carbocycles. The third kappa shape index (κ3) is 7.13. The molecule has 1 amide bonds. The van der Waals surface area contributed by atoms with Gasteiger partial charge in [-0.15, -0.1) is 0 Å². The molecular weight excluding hydrogens is 338 g/mol. The van der Waals surface area contributed by atoms with Gasteiger partial charge in [-0.05, 0) is 44.5 Å². The van der Waals surface area contributed by atoms with Crippen LogP contribution in [-0.4, -0.2) is 31.1 Å². The molecule has 0 spiro atoms. The van der Waals surface area contributed by atoms with E-state index in [9.17, 15) is 9.59 Å². The molecule has 0 aliphatic rings. The van der Waals surface area contributed by atoms with Gasteiger partial charge >= 0.3 is 5.97 Å². The van der Waals surface area contributed by atoms with Crippen LogP contribution < -0.4 is 10.1 Å². The zero-order chi connectivity index (χ0) is 15.7. The minimum absolute atomic E-state index is 0.207. The number of benzene rings is 1. The van der Waals surface area contributed by atoms with Crippen LogP contribution in [0.4, 0.5) is 0 Å². The van der Waals surface area contributed by atoms with Crippen molar-refractivity contribution in [1.82, 2.24) is 5.32 Å². The maximum absolute atomic E-state index is 11.8. The number of rotatable bonds is 8. The lowest BCUT2D eigenvalue weighted by Crippen LogP contribution is -2.36. The smallest absolute Gasteiger partial charge is 0.305 e. The van der Waals surface area contributed by atoms with Gasteiger partial charge in [-0.25, -0.2) is 0 Å². The Balaban J connectivity index is 2.25. The van der Waals surface area contributed by atoms with E-state index in [-0.39, 0.29) is 11.9 Å². The maximum Gasteiger partial charge on any atom is 0.305 e. The molecule has 0 fully saturated rings. The first-order valence-electron chi connectivity index (χ1n) is 6.88. The molecule has 0 aromatic heterocycles. The zero-order valence-corrected chi connectivity index (χ0v) is 13.8. The Morgan fingerprint density at radius 3 is 2.57 bits per heavy atom. The Labute approximate surface area is 133 Å². The van der Waals surface area contributed by atoms with Crippen molar-refractivity contribution in [2.75, 3.05) is 13.2 Å². The van der Waals surface area contributed by atoms with Crippen LogP contribution in [0.2, 0.25) is 0 Å². The molecular formula is C15H20BrNO4. The lowest BCUT2D eigenvalue weighted by Gasteiger charge is -2.14. The molecule has 0 saturated heterocycles. The van der Waals surface area contributed by atoms with E-state index in [4.69, 9.17) is 9.47 Å². The summed E-state index contributed by atoms with van der Waals surface area (Å²) in [5, 5.41) is 2.73. The van der Waals surface area contributed by atoms with Crippen LogP contribution in [0.5, 0.6) is 5.75 Å². The van der Waals surface area contributed by atoms with E-state index >= 15 is 0 Å². The van der Waals surface area contributed by atoms with Gasteiger partial charge < -0.3 is 14.8 Å². The van der Waals surface area contributed by atoms with Crippen LogP contribution in [0, 0.1) is 0 Å². The fraction of sp³-hybridized carbons (Fsp3) is 0.467. The van der Waals surface area contributed by atoms with Crippen molar-refractivity contribution >= 4 is 27.8 Å². The van der Waals surface area contributed by atoms with E-state index in [1.807, 2.05) is 12.1 Å². The van der Waals surface area contributed by atoms with E-state index in [0.717, 1.165) is 4.47 Å². The second-order valence-corrected chi connectivity index (χ2v) is 5.33. The molecule has 0 saturated carbocycles. The van der Waals surface area contributed by atoms with Gasteiger partial charge in [0.05, 0.1) is 6.61 Å². The molecule has 116 valence electrons. The van der Waals surface area contributed by atoms with Crippen LogP contribution in [0.1, 0.15) is 26.7 Å². The van der Waals surface area contributed by atoms with Crippen LogP contribution in [0.3, 0.4) is 0 Å².